The summed E-state index contributed by atoms with van der Waals surface area (Å²) in [6.07, 6.45) is 0.731. The van der Waals surface area contributed by atoms with Crippen LogP contribution in [0, 0.1) is 0 Å². The average Bonchev–Trinajstić information content (AvgIpc) is 3.40. The van der Waals surface area contributed by atoms with Crippen molar-refractivity contribution in [2.45, 2.75) is 38.5 Å². The highest BCUT2D eigenvalue weighted by Gasteiger charge is 2.39. The van der Waals surface area contributed by atoms with Crippen molar-refractivity contribution in [3.05, 3.63) is 71.4 Å². The van der Waals surface area contributed by atoms with E-state index in [0.29, 0.717) is 23.9 Å². The minimum atomic E-state index is -1.31. The van der Waals surface area contributed by atoms with E-state index in [1.54, 1.807) is 0 Å². The van der Waals surface area contributed by atoms with Crippen molar-refractivity contribution < 1.29 is 28.7 Å². The zero-order valence-corrected chi connectivity index (χ0v) is 19.2. The second kappa shape index (κ2) is 10.1. The van der Waals surface area contributed by atoms with Crippen LogP contribution >= 0.6 is 0 Å². The van der Waals surface area contributed by atoms with Crippen LogP contribution in [0.3, 0.4) is 0 Å². The van der Waals surface area contributed by atoms with E-state index in [-0.39, 0.29) is 36.4 Å². The molecule has 2 aromatic carbocycles. The Morgan fingerprint density at radius 1 is 1.11 bits per heavy atom. The van der Waals surface area contributed by atoms with Gasteiger partial charge in [0.1, 0.15) is 18.8 Å². The molecule has 0 spiro atoms. The van der Waals surface area contributed by atoms with Gasteiger partial charge in [0.15, 0.2) is 5.78 Å². The number of halogens is 1. The quantitative estimate of drug-likeness (QED) is 0.483. The minimum Gasteiger partial charge on any atom is -0.478 e. The van der Waals surface area contributed by atoms with E-state index < -0.39 is 30.0 Å². The van der Waals surface area contributed by atoms with E-state index in [2.05, 4.69) is 5.32 Å². The third kappa shape index (κ3) is 5.24. The summed E-state index contributed by atoms with van der Waals surface area (Å²) in [5, 5.41) is 12.5. The molecule has 0 saturated carbocycles. The van der Waals surface area contributed by atoms with Gasteiger partial charge in [0.2, 0.25) is 11.8 Å². The molecule has 3 aromatic rings. The third-order valence-electron chi connectivity index (χ3n) is 6.24. The number of carbonyl (C=O) groups excluding carboxylic acids is 3. The van der Waals surface area contributed by atoms with Gasteiger partial charge in [0.05, 0.1) is 12.1 Å². The molecule has 2 heterocycles. The first-order valence-corrected chi connectivity index (χ1v) is 11.4. The fourth-order valence-corrected chi connectivity index (χ4v) is 4.48. The van der Waals surface area contributed by atoms with Gasteiger partial charge in [-0.2, -0.15) is 0 Å². The fourth-order valence-electron chi connectivity index (χ4n) is 4.48. The second-order valence-corrected chi connectivity index (χ2v) is 8.69. The molecular weight excluding hydrogens is 453 g/mol. The number of hydrogen-bond acceptors (Lipinski definition) is 4. The Balaban J connectivity index is 1.49. The summed E-state index contributed by atoms with van der Waals surface area (Å²) in [7, 11) is 0. The summed E-state index contributed by atoms with van der Waals surface area (Å²) in [5.41, 5.74) is 1.88. The summed E-state index contributed by atoms with van der Waals surface area (Å²) in [5.74, 6) is -2.26. The number of aromatic nitrogens is 1. The number of carboxylic acid groups (broad SMARTS) is 1. The fraction of sp³-hybridized carbons (Fsp3) is 0.308. The summed E-state index contributed by atoms with van der Waals surface area (Å²) >= 11 is 0. The predicted octanol–water partition coefficient (Wildman–Crippen LogP) is 2.84. The van der Waals surface area contributed by atoms with Crippen LogP contribution in [0.5, 0.6) is 0 Å². The average molecular weight is 480 g/mol. The Bertz CT molecular complexity index is 1290. The maximum atomic E-state index is 14.3. The number of ketones is 1. The number of nitrogens with one attached hydrogen (secondary N) is 1. The Labute approximate surface area is 201 Å². The topological polar surface area (TPSA) is 109 Å². The Morgan fingerprint density at radius 2 is 1.86 bits per heavy atom. The number of carboxylic acids is 1. The molecule has 0 unspecified atom stereocenters. The molecule has 182 valence electrons. The lowest BCUT2D eigenvalue weighted by molar-refractivity contribution is -0.138. The van der Waals surface area contributed by atoms with E-state index in [4.69, 9.17) is 0 Å². The molecule has 1 fully saturated rings. The molecule has 4 rings (SSSR count). The first-order valence-electron chi connectivity index (χ1n) is 11.4. The van der Waals surface area contributed by atoms with Crippen LogP contribution in [0.15, 0.2) is 54.7 Å². The zero-order chi connectivity index (χ0) is 25.1. The molecule has 0 bridgehead atoms. The van der Waals surface area contributed by atoms with Gasteiger partial charge in [-0.1, -0.05) is 30.3 Å². The van der Waals surface area contributed by atoms with E-state index in [9.17, 15) is 28.7 Å². The van der Waals surface area contributed by atoms with Crippen LogP contribution < -0.4 is 5.32 Å². The number of benzene rings is 2. The Hall–Kier alpha value is -4.01. The molecule has 2 N–H and O–H groups in total. The van der Waals surface area contributed by atoms with Crippen molar-refractivity contribution in [3.8, 4) is 0 Å². The molecular formula is C26H26FN3O5. The minimum absolute atomic E-state index is 0.0242. The summed E-state index contributed by atoms with van der Waals surface area (Å²) in [6, 6.07) is 13.0. The van der Waals surface area contributed by atoms with Crippen LogP contribution in [-0.2, 0) is 22.6 Å². The van der Waals surface area contributed by atoms with Crippen LogP contribution in [0.25, 0.3) is 10.9 Å². The Kier molecular flexibility index (Phi) is 6.95. The number of aromatic carboxylic acids is 1. The molecule has 1 aliphatic rings. The number of nitrogens with zero attached hydrogens (tertiary/aromatic N) is 2. The lowest BCUT2D eigenvalue weighted by Crippen LogP contribution is -2.47. The standard InChI is InChI=1S/C26H26FN3O5/c1-16(31)21-14-29(22-8-7-18(26(34)35)11-20(21)22)15-24(32)30-13-19(27)12-23(30)25(33)28-10-9-17-5-3-2-4-6-17/h2-8,11,14,19,23H,9-10,12-13,15H2,1H3,(H,28,33)(H,34,35)/t19-,23+/m1/s1. The maximum Gasteiger partial charge on any atom is 0.335 e. The molecule has 35 heavy (non-hydrogen) atoms. The Morgan fingerprint density at radius 3 is 2.54 bits per heavy atom. The highest BCUT2D eigenvalue weighted by Crippen LogP contribution is 2.26. The normalized spacial score (nSPS) is 17.5. The van der Waals surface area contributed by atoms with Crippen LogP contribution in [-0.4, -0.2) is 63.4 Å². The molecule has 8 nitrogen and oxygen atoms in total. The van der Waals surface area contributed by atoms with Crippen LogP contribution in [0.4, 0.5) is 4.39 Å². The second-order valence-electron chi connectivity index (χ2n) is 8.69. The van der Waals surface area contributed by atoms with Crippen molar-refractivity contribution in [1.82, 2.24) is 14.8 Å². The molecule has 9 heteroatoms. The smallest absolute Gasteiger partial charge is 0.335 e. The van der Waals surface area contributed by atoms with Crippen LogP contribution in [0.2, 0.25) is 0 Å². The van der Waals surface area contributed by atoms with Gasteiger partial charge in [-0.15, -0.1) is 0 Å². The highest BCUT2D eigenvalue weighted by atomic mass is 19.1. The molecule has 1 saturated heterocycles. The lowest BCUT2D eigenvalue weighted by Gasteiger charge is -2.24. The first-order chi connectivity index (χ1) is 16.7. The number of amides is 2. The number of fused-ring (bicyclic) bond motifs is 1. The number of rotatable bonds is 8. The van der Waals surface area contributed by atoms with Crippen molar-refractivity contribution in [2.24, 2.45) is 0 Å². The molecule has 1 aliphatic heterocycles. The van der Waals surface area contributed by atoms with Gasteiger partial charge in [0, 0.05) is 35.6 Å². The zero-order valence-electron chi connectivity index (χ0n) is 19.2. The number of Topliss-reactive ketones (excluding diaryl/α,β-unsaturated/α-hetero) is 1. The lowest BCUT2D eigenvalue weighted by atomic mass is 10.1. The molecule has 2 amide bonds. The van der Waals surface area contributed by atoms with Gasteiger partial charge in [-0.05, 0) is 37.1 Å². The van der Waals surface area contributed by atoms with E-state index >= 15 is 0 Å². The van der Waals surface area contributed by atoms with E-state index in [1.807, 2.05) is 30.3 Å². The van der Waals surface area contributed by atoms with Gasteiger partial charge in [-0.25, -0.2) is 9.18 Å². The van der Waals surface area contributed by atoms with Crippen molar-refractivity contribution in [2.75, 3.05) is 13.1 Å². The number of hydrogen-bond donors (Lipinski definition) is 2. The van der Waals surface area contributed by atoms with Crippen molar-refractivity contribution >= 4 is 34.5 Å². The molecule has 0 aliphatic carbocycles. The van der Waals surface area contributed by atoms with Gasteiger partial charge in [0.25, 0.3) is 0 Å². The van der Waals surface area contributed by atoms with Crippen LogP contribution in [0.1, 0.15) is 39.6 Å². The van der Waals surface area contributed by atoms with E-state index in [0.717, 1.165) is 5.56 Å². The number of carbonyl (C=O) groups is 4. The molecule has 1 aromatic heterocycles. The largest absolute Gasteiger partial charge is 0.478 e. The third-order valence-corrected chi connectivity index (χ3v) is 6.24. The highest BCUT2D eigenvalue weighted by molar-refractivity contribution is 6.08. The van der Waals surface area contributed by atoms with E-state index in [1.165, 1.54) is 40.8 Å². The predicted molar refractivity (Wildman–Crippen MR) is 127 cm³/mol. The molecule has 0 radical (unpaired) electrons. The monoisotopic (exact) mass is 479 g/mol. The number of likely N-dealkylation sites (tertiary alicyclic amines) is 1. The van der Waals surface area contributed by atoms with Gasteiger partial charge in [-0.3, -0.25) is 14.4 Å². The summed E-state index contributed by atoms with van der Waals surface area (Å²) < 4.78 is 15.8. The first kappa shape index (κ1) is 24.1. The summed E-state index contributed by atoms with van der Waals surface area (Å²) in [4.78, 5) is 50.6. The molecule has 2 atom stereocenters. The van der Waals surface area contributed by atoms with Crippen molar-refractivity contribution in [3.63, 3.8) is 0 Å². The maximum absolute atomic E-state index is 14.3. The van der Waals surface area contributed by atoms with Gasteiger partial charge >= 0.3 is 5.97 Å². The van der Waals surface area contributed by atoms with Gasteiger partial charge < -0.3 is 19.9 Å². The summed E-state index contributed by atoms with van der Waals surface area (Å²) in [6.45, 7) is 1.33. The number of alkyl halides is 1. The van der Waals surface area contributed by atoms with Crippen molar-refractivity contribution in [1.29, 1.82) is 0 Å². The SMILES string of the molecule is CC(=O)c1cn(CC(=O)N2C[C@H](F)C[C@H]2C(=O)NCCc2ccccc2)c2ccc(C(=O)O)cc12.